The monoisotopic (exact) mass is 530 g/mol. The van der Waals surface area contributed by atoms with Gasteiger partial charge in [0.25, 0.3) is 11.8 Å². The van der Waals surface area contributed by atoms with Crippen LogP contribution in [0, 0.1) is 41.4 Å². The van der Waals surface area contributed by atoms with E-state index < -0.39 is 17.9 Å². The zero-order valence-corrected chi connectivity index (χ0v) is 22.3. The lowest BCUT2D eigenvalue weighted by atomic mass is 9.80. The van der Waals surface area contributed by atoms with Gasteiger partial charge in [0.2, 0.25) is 5.91 Å². The van der Waals surface area contributed by atoms with E-state index in [1.165, 1.54) is 18.3 Å². The first-order valence-electron chi connectivity index (χ1n) is 13.2. The van der Waals surface area contributed by atoms with Crippen LogP contribution in [0.5, 0.6) is 0 Å². The van der Waals surface area contributed by atoms with E-state index in [0.29, 0.717) is 40.0 Å². The molecule has 1 radical (unpaired) electrons. The molecule has 3 amide bonds. The van der Waals surface area contributed by atoms with Gasteiger partial charge in [0, 0.05) is 28.9 Å². The molecule has 0 heterocycles. The molecule has 2 saturated carbocycles. The highest BCUT2D eigenvalue weighted by Gasteiger charge is 2.52. The number of fused-ring (bicyclic) bond motifs is 2. The van der Waals surface area contributed by atoms with Gasteiger partial charge in [0.05, 0.1) is 6.54 Å². The van der Waals surface area contributed by atoms with Crippen molar-refractivity contribution < 1.29 is 19.6 Å². The van der Waals surface area contributed by atoms with E-state index in [9.17, 15) is 14.4 Å². The maximum Gasteiger partial charge on any atom is 0.267 e. The largest absolute Gasteiger partial charge is 0.339 e. The molecule has 0 aliphatic heterocycles. The molecule has 4 rings (SSSR count). The SMILES string of the molecule is CC1(C)C2[CH]C[C@H]1[C@H](CNCC(=O)Nc1ccc(C#Cc3ccc(C(=O)N[C@@H](CN)C(=O)NO)cc3)cc1)C2. The molecule has 0 spiro atoms. The van der Waals surface area contributed by atoms with E-state index in [4.69, 9.17) is 10.9 Å². The number of nitrogens with one attached hydrogen (secondary N) is 4. The second-order valence-electron chi connectivity index (χ2n) is 10.8. The van der Waals surface area contributed by atoms with Gasteiger partial charge in [0.15, 0.2) is 0 Å². The molecule has 0 aromatic heterocycles. The lowest BCUT2D eigenvalue weighted by Crippen LogP contribution is -2.50. The van der Waals surface area contributed by atoms with Crippen LogP contribution < -0.4 is 27.2 Å². The number of hydrogen-bond donors (Lipinski definition) is 6. The molecule has 4 atom stereocenters. The Bertz CT molecular complexity index is 1250. The van der Waals surface area contributed by atoms with Crippen LogP contribution in [0.2, 0.25) is 0 Å². The first-order chi connectivity index (χ1) is 18.7. The van der Waals surface area contributed by atoms with Crippen LogP contribution in [0.15, 0.2) is 48.5 Å². The fourth-order valence-corrected chi connectivity index (χ4v) is 5.72. The Balaban J connectivity index is 1.23. The van der Waals surface area contributed by atoms with Crippen molar-refractivity contribution in [3.05, 3.63) is 71.6 Å². The average molecular weight is 531 g/mol. The lowest BCUT2D eigenvalue weighted by molar-refractivity contribution is -0.130. The molecule has 0 saturated heterocycles. The summed E-state index contributed by atoms with van der Waals surface area (Å²) in [6.45, 7) is 5.75. The van der Waals surface area contributed by atoms with E-state index in [1.807, 2.05) is 24.3 Å². The van der Waals surface area contributed by atoms with Gasteiger partial charge < -0.3 is 21.7 Å². The summed E-state index contributed by atoms with van der Waals surface area (Å²) in [6, 6.07) is 12.9. The van der Waals surface area contributed by atoms with Crippen molar-refractivity contribution in [3.8, 4) is 11.8 Å². The molecule has 2 bridgehead atoms. The highest BCUT2D eigenvalue weighted by molar-refractivity contribution is 5.97. The molecule has 205 valence electrons. The van der Waals surface area contributed by atoms with Crippen molar-refractivity contribution in [1.29, 1.82) is 0 Å². The van der Waals surface area contributed by atoms with E-state index in [0.717, 1.165) is 12.1 Å². The van der Waals surface area contributed by atoms with Gasteiger partial charge in [-0.3, -0.25) is 19.6 Å². The second kappa shape index (κ2) is 12.4. The number of hydrogen-bond acceptors (Lipinski definition) is 6. The van der Waals surface area contributed by atoms with Crippen molar-refractivity contribution >= 4 is 23.4 Å². The number of nitrogens with two attached hydrogens (primary N) is 1. The Morgan fingerprint density at radius 2 is 1.69 bits per heavy atom. The number of carbonyl (C=O) groups is 3. The smallest absolute Gasteiger partial charge is 0.267 e. The molecule has 9 heteroatoms. The molecule has 39 heavy (non-hydrogen) atoms. The standard InChI is InChI=1S/C30H36N5O4/c1-30(2)23-11-14-25(30)22(15-23)17-32-18-27(36)33-24-12-7-20(8-13-24)4-3-19-5-9-21(10-6-19)28(37)34-26(16-31)29(38)35-39/h5-13,22-23,25-26,32,39H,14-18,31H2,1-2H3,(H,33,36)(H,34,37)(H,35,38)/t22-,23?,25-,26-/m0/s1. The predicted molar refractivity (Wildman–Crippen MR) is 148 cm³/mol. The van der Waals surface area contributed by atoms with Gasteiger partial charge in [0.1, 0.15) is 6.04 Å². The number of anilines is 1. The first kappa shape index (κ1) is 28.3. The molecule has 2 fully saturated rings. The van der Waals surface area contributed by atoms with E-state index in [-0.39, 0.29) is 19.0 Å². The molecule has 2 aliphatic carbocycles. The fraction of sp³-hybridized carbons (Fsp3) is 0.400. The Morgan fingerprint density at radius 1 is 1.05 bits per heavy atom. The summed E-state index contributed by atoms with van der Waals surface area (Å²) in [5, 5.41) is 17.4. The summed E-state index contributed by atoms with van der Waals surface area (Å²) in [7, 11) is 0. The number of amides is 3. The van der Waals surface area contributed by atoms with Gasteiger partial charge in [-0.15, -0.1) is 0 Å². The second-order valence-corrected chi connectivity index (χ2v) is 10.8. The van der Waals surface area contributed by atoms with Crippen LogP contribution in [0.25, 0.3) is 0 Å². The third-order valence-corrected chi connectivity index (χ3v) is 8.04. The summed E-state index contributed by atoms with van der Waals surface area (Å²) in [6.07, 6.45) is 4.88. The van der Waals surface area contributed by atoms with E-state index in [2.05, 4.69) is 48.1 Å². The highest BCUT2D eigenvalue weighted by atomic mass is 16.5. The maximum absolute atomic E-state index is 12.4. The zero-order chi connectivity index (χ0) is 28.0. The van der Waals surface area contributed by atoms with Crippen LogP contribution in [0.4, 0.5) is 5.69 Å². The van der Waals surface area contributed by atoms with Gasteiger partial charge in [-0.25, -0.2) is 5.48 Å². The van der Waals surface area contributed by atoms with Crippen molar-refractivity contribution in [2.24, 2.45) is 28.9 Å². The van der Waals surface area contributed by atoms with Crippen molar-refractivity contribution in [1.82, 2.24) is 16.1 Å². The zero-order valence-electron chi connectivity index (χ0n) is 22.3. The molecule has 2 aliphatic rings. The quantitative estimate of drug-likeness (QED) is 0.166. The average Bonchev–Trinajstić information content (AvgIpc) is 3.36. The first-order valence-corrected chi connectivity index (χ1v) is 13.2. The molecular formula is C30H36N5O4. The Labute approximate surface area is 229 Å². The van der Waals surface area contributed by atoms with Gasteiger partial charge in [-0.2, -0.15) is 0 Å². The Hall–Kier alpha value is -3.71. The van der Waals surface area contributed by atoms with Crippen molar-refractivity contribution in [3.63, 3.8) is 0 Å². The third-order valence-electron chi connectivity index (χ3n) is 8.04. The number of benzene rings is 2. The van der Waals surface area contributed by atoms with Gasteiger partial charge in [-0.1, -0.05) is 25.7 Å². The van der Waals surface area contributed by atoms with Gasteiger partial charge in [-0.05, 0) is 97.5 Å². The molecule has 2 aromatic carbocycles. The Kier molecular flexibility index (Phi) is 9.02. The molecule has 9 nitrogen and oxygen atoms in total. The maximum atomic E-state index is 12.4. The summed E-state index contributed by atoms with van der Waals surface area (Å²) in [5.74, 6) is 6.81. The number of rotatable bonds is 9. The summed E-state index contributed by atoms with van der Waals surface area (Å²) in [4.78, 5) is 36.2. The highest BCUT2D eigenvalue weighted by Crippen LogP contribution is 2.59. The van der Waals surface area contributed by atoms with E-state index in [1.54, 1.807) is 24.3 Å². The minimum atomic E-state index is -1.04. The fourth-order valence-electron chi connectivity index (χ4n) is 5.72. The van der Waals surface area contributed by atoms with Crippen LogP contribution >= 0.6 is 0 Å². The molecule has 2 aromatic rings. The topological polar surface area (TPSA) is 146 Å². The normalized spacial score (nSPS) is 21.4. The predicted octanol–water partition coefficient (Wildman–Crippen LogP) is 2.06. The minimum absolute atomic E-state index is 0.0679. The van der Waals surface area contributed by atoms with Crippen molar-refractivity contribution in [2.45, 2.75) is 32.7 Å². The van der Waals surface area contributed by atoms with Crippen LogP contribution in [0.3, 0.4) is 0 Å². The molecule has 1 unspecified atom stereocenters. The van der Waals surface area contributed by atoms with Crippen molar-refractivity contribution in [2.75, 3.05) is 25.0 Å². The summed E-state index contributed by atoms with van der Waals surface area (Å²) >= 11 is 0. The molecular weight excluding hydrogens is 494 g/mol. The summed E-state index contributed by atoms with van der Waals surface area (Å²) < 4.78 is 0. The minimum Gasteiger partial charge on any atom is -0.339 e. The number of hydroxylamine groups is 1. The summed E-state index contributed by atoms with van der Waals surface area (Å²) in [5.41, 5.74) is 9.84. The van der Waals surface area contributed by atoms with Crippen LogP contribution in [-0.2, 0) is 9.59 Å². The van der Waals surface area contributed by atoms with Crippen LogP contribution in [0.1, 0.15) is 48.2 Å². The molecule has 7 N–H and O–H groups in total. The van der Waals surface area contributed by atoms with Gasteiger partial charge >= 0.3 is 0 Å². The number of carbonyl (C=O) groups excluding carboxylic acids is 3. The third kappa shape index (κ3) is 6.84. The van der Waals surface area contributed by atoms with Crippen LogP contribution in [-0.4, -0.2) is 48.6 Å². The van der Waals surface area contributed by atoms with E-state index >= 15 is 0 Å². The Morgan fingerprint density at radius 3 is 2.23 bits per heavy atom. The lowest BCUT2D eigenvalue weighted by Gasteiger charge is -2.26.